The molecule has 82 valence electrons. The van der Waals surface area contributed by atoms with Crippen LogP contribution in [0.4, 0.5) is 10.1 Å². The molecule has 16 heavy (non-hydrogen) atoms. The maximum absolute atomic E-state index is 13.4. The number of nitrogen functional groups attached to an aromatic ring is 1. The molecule has 0 unspecified atom stereocenters. The van der Waals surface area contributed by atoms with E-state index in [1.165, 1.54) is 12.1 Å². The first-order valence-corrected chi connectivity index (χ1v) is 4.81. The molecule has 2 aromatic rings. The number of rotatable bonds is 2. The molecule has 0 bridgehead atoms. The highest BCUT2D eigenvalue weighted by Gasteiger charge is 2.05. The van der Waals surface area contributed by atoms with Gasteiger partial charge in [0.15, 0.2) is 11.6 Å². The van der Waals surface area contributed by atoms with Crippen LogP contribution in [0.5, 0.6) is 11.6 Å². The van der Waals surface area contributed by atoms with E-state index in [9.17, 15) is 4.39 Å². The van der Waals surface area contributed by atoms with Gasteiger partial charge in [0.1, 0.15) is 0 Å². The highest BCUT2D eigenvalue weighted by molar-refractivity contribution is 5.43. The molecule has 0 fully saturated rings. The highest BCUT2D eigenvalue weighted by atomic mass is 19.1. The summed E-state index contributed by atoms with van der Waals surface area (Å²) >= 11 is 0. The fourth-order valence-corrected chi connectivity index (χ4v) is 1.23. The van der Waals surface area contributed by atoms with Crippen LogP contribution >= 0.6 is 0 Å². The highest BCUT2D eigenvalue weighted by Crippen LogP contribution is 2.24. The number of benzene rings is 1. The number of nitrogens with two attached hydrogens (primary N) is 1. The number of nitrogens with zero attached hydrogens (tertiary/aromatic N) is 1. The lowest BCUT2D eigenvalue weighted by Gasteiger charge is -2.06. The van der Waals surface area contributed by atoms with Crippen LogP contribution in [0.2, 0.25) is 0 Å². The minimum atomic E-state index is -0.498. The van der Waals surface area contributed by atoms with E-state index in [4.69, 9.17) is 10.5 Å². The van der Waals surface area contributed by atoms with Gasteiger partial charge in [-0.1, -0.05) is 6.07 Å². The van der Waals surface area contributed by atoms with Crippen LogP contribution in [0.3, 0.4) is 0 Å². The Morgan fingerprint density at radius 3 is 2.69 bits per heavy atom. The van der Waals surface area contributed by atoms with Gasteiger partial charge in [0.25, 0.3) is 0 Å². The molecule has 0 aliphatic rings. The molecular weight excluding hydrogens is 207 g/mol. The van der Waals surface area contributed by atoms with Crippen LogP contribution in [0, 0.1) is 12.7 Å². The molecule has 0 saturated heterocycles. The number of aryl methyl sites for hydroxylation is 1. The average Bonchev–Trinajstić information content (AvgIpc) is 2.25. The predicted molar refractivity (Wildman–Crippen MR) is 59.9 cm³/mol. The Hall–Kier alpha value is -2.10. The average molecular weight is 218 g/mol. The summed E-state index contributed by atoms with van der Waals surface area (Å²) in [6.07, 6.45) is 1.66. The van der Waals surface area contributed by atoms with E-state index < -0.39 is 5.82 Å². The van der Waals surface area contributed by atoms with E-state index in [1.807, 2.05) is 13.0 Å². The first-order chi connectivity index (χ1) is 7.65. The van der Waals surface area contributed by atoms with Gasteiger partial charge in [-0.2, -0.15) is 0 Å². The van der Waals surface area contributed by atoms with E-state index in [0.29, 0.717) is 11.6 Å². The van der Waals surface area contributed by atoms with Crippen molar-refractivity contribution in [3.63, 3.8) is 0 Å². The number of hydrogen-bond acceptors (Lipinski definition) is 3. The molecule has 0 aliphatic heterocycles. The van der Waals surface area contributed by atoms with Crippen molar-refractivity contribution in [1.82, 2.24) is 4.98 Å². The SMILES string of the molecule is Cc1ccc(Oc2ccc(N)cc2F)nc1. The molecule has 0 spiro atoms. The van der Waals surface area contributed by atoms with Crippen LogP contribution in [-0.2, 0) is 0 Å². The van der Waals surface area contributed by atoms with Crippen LogP contribution in [0.15, 0.2) is 36.5 Å². The topological polar surface area (TPSA) is 48.1 Å². The van der Waals surface area contributed by atoms with Crippen molar-refractivity contribution in [2.45, 2.75) is 6.92 Å². The fourth-order valence-electron chi connectivity index (χ4n) is 1.23. The van der Waals surface area contributed by atoms with Gasteiger partial charge in [-0.25, -0.2) is 9.37 Å². The van der Waals surface area contributed by atoms with Gasteiger partial charge in [-0.05, 0) is 24.6 Å². The lowest BCUT2D eigenvalue weighted by molar-refractivity contribution is 0.427. The molecule has 0 aliphatic carbocycles. The van der Waals surface area contributed by atoms with E-state index >= 15 is 0 Å². The monoisotopic (exact) mass is 218 g/mol. The fraction of sp³-hybridized carbons (Fsp3) is 0.0833. The van der Waals surface area contributed by atoms with Gasteiger partial charge in [0, 0.05) is 24.0 Å². The Kier molecular flexibility index (Phi) is 2.72. The van der Waals surface area contributed by atoms with E-state index in [1.54, 1.807) is 18.3 Å². The molecule has 0 radical (unpaired) electrons. The van der Waals surface area contributed by atoms with E-state index in [2.05, 4.69) is 4.98 Å². The summed E-state index contributed by atoms with van der Waals surface area (Å²) in [5.74, 6) is -0.0257. The predicted octanol–water partition coefficient (Wildman–Crippen LogP) is 2.90. The van der Waals surface area contributed by atoms with Crippen molar-refractivity contribution in [2.24, 2.45) is 0 Å². The van der Waals surface area contributed by atoms with Crippen molar-refractivity contribution in [2.75, 3.05) is 5.73 Å². The van der Waals surface area contributed by atoms with Gasteiger partial charge in [0.2, 0.25) is 5.88 Å². The van der Waals surface area contributed by atoms with Crippen LogP contribution in [0.25, 0.3) is 0 Å². The zero-order valence-corrected chi connectivity index (χ0v) is 8.77. The summed E-state index contributed by atoms with van der Waals surface area (Å²) in [5.41, 5.74) is 6.81. The summed E-state index contributed by atoms with van der Waals surface area (Å²) in [4.78, 5) is 4.02. The Bertz CT molecular complexity index is 497. The number of ether oxygens (including phenoxy) is 1. The summed E-state index contributed by atoms with van der Waals surface area (Å²) in [5, 5.41) is 0. The minimum Gasteiger partial charge on any atom is -0.436 e. The summed E-state index contributed by atoms with van der Waals surface area (Å²) in [6, 6.07) is 7.80. The molecule has 0 amide bonds. The zero-order valence-electron chi connectivity index (χ0n) is 8.77. The third-order valence-electron chi connectivity index (χ3n) is 2.05. The molecule has 2 N–H and O–H groups in total. The number of halogens is 1. The molecule has 1 aromatic carbocycles. The number of pyridine rings is 1. The van der Waals surface area contributed by atoms with Crippen molar-refractivity contribution in [3.8, 4) is 11.6 Å². The second kappa shape index (κ2) is 4.18. The van der Waals surface area contributed by atoms with Crippen molar-refractivity contribution >= 4 is 5.69 Å². The molecule has 1 heterocycles. The quantitative estimate of drug-likeness (QED) is 0.788. The summed E-state index contributed by atoms with van der Waals surface area (Å²) < 4.78 is 18.7. The van der Waals surface area contributed by atoms with Gasteiger partial charge in [0.05, 0.1) is 0 Å². The largest absolute Gasteiger partial charge is 0.436 e. The zero-order chi connectivity index (χ0) is 11.5. The normalized spacial score (nSPS) is 10.1. The Morgan fingerprint density at radius 1 is 1.25 bits per heavy atom. The third kappa shape index (κ3) is 2.28. The van der Waals surface area contributed by atoms with Gasteiger partial charge < -0.3 is 10.5 Å². The summed E-state index contributed by atoms with van der Waals surface area (Å²) in [6.45, 7) is 1.92. The number of aromatic nitrogens is 1. The maximum atomic E-state index is 13.4. The van der Waals surface area contributed by atoms with Gasteiger partial charge in [-0.3, -0.25) is 0 Å². The molecule has 2 rings (SSSR count). The minimum absolute atomic E-state index is 0.116. The molecule has 4 heteroatoms. The molecule has 3 nitrogen and oxygen atoms in total. The van der Waals surface area contributed by atoms with Crippen LogP contribution < -0.4 is 10.5 Å². The van der Waals surface area contributed by atoms with Crippen molar-refractivity contribution in [3.05, 3.63) is 47.9 Å². The molecule has 1 aromatic heterocycles. The Morgan fingerprint density at radius 2 is 2.06 bits per heavy atom. The van der Waals surface area contributed by atoms with Crippen LogP contribution in [-0.4, -0.2) is 4.98 Å². The smallest absolute Gasteiger partial charge is 0.219 e. The molecule has 0 atom stereocenters. The van der Waals surface area contributed by atoms with Crippen molar-refractivity contribution < 1.29 is 9.13 Å². The van der Waals surface area contributed by atoms with E-state index in [-0.39, 0.29) is 5.75 Å². The number of hydrogen-bond donors (Lipinski definition) is 1. The van der Waals surface area contributed by atoms with Gasteiger partial charge in [-0.15, -0.1) is 0 Å². The lowest BCUT2D eigenvalue weighted by atomic mass is 10.3. The second-order valence-electron chi connectivity index (χ2n) is 3.47. The second-order valence-corrected chi connectivity index (χ2v) is 3.47. The van der Waals surface area contributed by atoms with Crippen molar-refractivity contribution in [1.29, 1.82) is 0 Å². The van der Waals surface area contributed by atoms with Crippen LogP contribution in [0.1, 0.15) is 5.56 Å². The third-order valence-corrected chi connectivity index (χ3v) is 2.05. The standard InChI is InChI=1S/C12H11FN2O/c1-8-2-5-12(15-7-8)16-11-4-3-9(14)6-10(11)13/h2-7H,14H2,1H3. The number of anilines is 1. The summed E-state index contributed by atoms with van der Waals surface area (Å²) in [7, 11) is 0. The maximum Gasteiger partial charge on any atom is 0.219 e. The van der Waals surface area contributed by atoms with Gasteiger partial charge >= 0.3 is 0 Å². The first kappa shape index (κ1) is 10.4. The molecular formula is C12H11FN2O. The lowest BCUT2D eigenvalue weighted by Crippen LogP contribution is -1.93. The molecule has 0 saturated carbocycles. The Balaban J connectivity index is 2.23. The Labute approximate surface area is 92.7 Å². The first-order valence-electron chi connectivity index (χ1n) is 4.81. The van der Waals surface area contributed by atoms with E-state index in [0.717, 1.165) is 5.56 Å².